The van der Waals surface area contributed by atoms with Gasteiger partial charge >= 0.3 is 0 Å². The smallest absolute Gasteiger partial charge is 0.129 e. The summed E-state index contributed by atoms with van der Waals surface area (Å²) in [5.74, 6) is -0.215. The number of anilines is 1. The topological polar surface area (TPSA) is 44.7 Å². The zero-order valence-electron chi connectivity index (χ0n) is 13.0. The van der Waals surface area contributed by atoms with E-state index in [-0.39, 0.29) is 24.0 Å². The molecule has 0 saturated carbocycles. The monoisotopic (exact) mass is 296 g/mol. The molecular formula is C16H25FN2O2. The molecule has 4 nitrogen and oxygen atoms in total. The van der Waals surface area contributed by atoms with E-state index in [1.807, 2.05) is 11.0 Å². The molecule has 1 aliphatic rings. The molecule has 1 aromatic carbocycles. The van der Waals surface area contributed by atoms with Gasteiger partial charge in [0, 0.05) is 29.9 Å². The van der Waals surface area contributed by atoms with Crippen LogP contribution >= 0.6 is 0 Å². The zero-order chi connectivity index (χ0) is 15.5. The molecule has 1 aliphatic heterocycles. The number of rotatable bonds is 4. The standard InChI is InChI=1S/C16H25FN2O2/c1-16(2,3)18-9-13-14(17)5-4-6-15(13)19-7-8-21-11-12(19)10-20/h4-6,12,18,20H,7-11H2,1-3H3. The van der Waals surface area contributed by atoms with Crippen LogP contribution in [-0.2, 0) is 11.3 Å². The summed E-state index contributed by atoms with van der Waals surface area (Å²) in [4.78, 5) is 2.05. The molecule has 1 heterocycles. The van der Waals surface area contributed by atoms with Crippen molar-refractivity contribution in [3.8, 4) is 0 Å². The minimum Gasteiger partial charge on any atom is -0.394 e. The van der Waals surface area contributed by atoms with Gasteiger partial charge in [0.2, 0.25) is 0 Å². The van der Waals surface area contributed by atoms with Crippen LogP contribution < -0.4 is 10.2 Å². The van der Waals surface area contributed by atoms with Crippen LogP contribution in [-0.4, -0.2) is 43.1 Å². The third-order valence-electron chi connectivity index (χ3n) is 3.64. The fourth-order valence-electron chi connectivity index (χ4n) is 2.47. The van der Waals surface area contributed by atoms with Crippen LogP contribution in [0.1, 0.15) is 26.3 Å². The summed E-state index contributed by atoms with van der Waals surface area (Å²) in [6.07, 6.45) is 0. The lowest BCUT2D eigenvalue weighted by atomic mass is 10.1. The fourth-order valence-corrected chi connectivity index (χ4v) is 2.47. The van der Waals surface area contributed by atoms with Gasteiger partial charge < -0.3 is 20.1 Å². The number of ether oxygens (including phenoxy) is 1. The van der Waals surface area contributed by atoms with Gasteiger partial charge in [-0.2, -0.15) is 0 Å². The van der Waals surface area contributed by atoms with Gasteiger partial charge in [0.05, 0.1) is 25.9 Å². The molecule has 0 spiro atoms. The van der Waals surface area contributed by atoms with Gasteiger partial charge in [-0.25, -0.2) is 4.39 Å². The molecule has 21 heavy (non-hydrogen) atoms. The molecule has 1 atom stereocenters. The Bertz CT molecular complexity index is 474. The van der Waals surface area contributed by atoms with Crippen LogP contribution in [0.5, 0.6) is 0 Å². The second-order valence-electron chi connectivity index (χ2n) is 6.45. The quantitative estimate of drug-likeness (QED) is 0.891. The maximum atomic E-state index is 14.3. The van der Waals surface area contributed by atoms with Crippen LogP contribution in [0.15, 0.2) is 18.2 Å². The first-order valence-corrected chi connectivity index (χ1v) is 7.40. The first-order chi connectivity index (χ1) is 9.92. The van der Waals surface area contributed by atoms with Gasteiger partial charge in [-0.3, -0.25) is 0 Å². The molecule has 2 N–H and O–H groups in total. The lowest BCUT2D eigenvalue weighted by molar-refractivity contribution is 0.0725. The Morgan fingerprint density at radius 2 is 2.19 bits per heavy atom. The van der Waals surface area contributed by atoms with Crippen LogP contribution in [0.3, 0.4) is 0 Å². The maximum absolute atomic E-state index is 14.3. The number of morpholine rings is 1. The highest BCUT2D eigenvalue weighted by Gasteiger charge is 2.25. The van der Waals surface area contributed by atoms with E-state index < -0.39 is 0 Å². The number of aliphatic hydroxyl groups excluding tert-OH is 1. The molecule has 0 radical (unpaired) electrons. The van der Waals surface area contributed by atoms with Crippen molar-refractivity contribution in [2.24, 2.45) is 0 Å². The highest BCUT2D eigenvalue weighted by molar-refractivity contribution is 5.55. The SMILES string of the molecule is CC(C)(C)NCc1c(F)cccc1N1CCOCC1CO. The summed E-state index contributed by atoms with van der Waals surface area (Å²) in [5.41, 5.74) is 1.41. The van der Waals surface area contributed by atoms with Crippen molar-refractivity contribution in [3.05, 3.63) is 29.6 Å². The molecule has 2 rings (SSSR count). The summed E-state index contributed by atoms with van der Waals surface area (Å²) in [6, 6.07) is 5.00. The molecule has 0 aromatic heterocycles. The number of aliphatic hydroxyl groups is 1. The Hall–Kier alpha value is -1.17. The Morgan fingerprint density at radius 3 is 2.86 bits per heavy atom. The van der Waals surface area contributed by atoms with E-state index in [2.05, 4.69) is 26.1 Å². The summed E-state index contributed by atoms with van der Waals surface area (Å²) in [5, 5.41) is 12.8. The molecule has 1 fully saturated rings. The largest absolute Gasteiger partial charge is 0.394 e. The lowest BCUT2D eigenvalue weighted by Crippen LogP contribution is -2.48. The van der Waals surface area contributed by atoms with E-state index in [9.17, 15) is 9.50 Å². The molecule has 1 aromatic rings. The van der Waals surface area contributed by atoms with Crippen molar-refractivity contribution < 1.29 is 14.2 Å². The first-order valence-electron chi connectivity index (χ1n) is 7.40. The average molecular weight is 296 g/mol. The van der Waals surface area contributed by atoms with E-state index in [1.165, 1.54) is 6.07 Å². The molecular weight excluding hydrogens is 271 g/mol. The number of hydrogen-bond acceptors (Lipinski definition) is 4. The van der Waals surface area contributed by atoms with Crippen LogP contribution in [0.4, 0.5) is 10.1 Å². The van der Waals surface area contributed by atoms with E-state index in [1.54, 1.807) is 6.07 Å². The van der Waals surface area contributed by atoms with Gasteiger partial charge in [0.15, 0.2) is 0 Å². The van der Waals surface area contributed by atoms with E-state index in [0.717, 1.165) is 5.69 Å². The fraction of sp³-hybridized carbons (Fsp3) is 0.625. The first kappa shape index (κ1) is 16.2. The van der Waals surface area contributed by atoms with Crippen molar-refractivity contribution in [1.29, 1.82) is 0 Å². The van der Waals surface area contributed by atoms with Crippen molar-refractivity contribution >= 4 is 5.69 Å². The predicted octanol–water partition coefficient (Wildman–Crippen LogP) is 1.91. The lowest BCUT2D eigenvalue weighted by Gasteiger charge is -2.37. The van der Waals surface area contributed by atoms with Gasteiger partial charge in [-0.05, 0) is 32.9 Å². The number of nitrogens with one attached hydrogen (secondary N) is 1. The molecule has 0 aliphatic carbocycles. The minimum atomic E-state index is -0.215. The van der Waals surface area contributed by atoms with Crippen molar-refractivity contribution in [3.63, 3.8) is 0 Å². The van der Waals surface area contributed by atoms with Gasteiger partial charge in [-0.1, -0.05) is 6.07 Å². The summed E-state index contributed by atoms with van der Waals surface area (Å²) in [7, 11) is 0. The Morgan fingerprint density at radius 1 is 1.43 bits per heavy atom. The number of hydrogen-bond donors (Lipinski definition) is 2. The molecule has 118 valence electrons. The van der Waals surface area contributed by atoms with Crippen LogP contribution in [0.25, 0.3) is 0 Å². The third-order valence-corrected chi connectivity index (χ3v) is 3.64. The second kappa shape index (κ2) is 6.73. The second-order valence-corrected chi connectivity index (χ2v) is 6.45. The number of benzene rings is 1. The average Bonchev–Trinajstić information content (AvgIpc) is 2.44. The molecule has 1 saturated heterocycles. The van der Waals surface area contributed by atoms with Gasteiger partial charge in [0.25, 0.3) is 0 Å². The number of halogens is 1. The molecule has 1 unspecified atom stereocenters. The summed E-state index contributed by atoms with van der Waals surface area (Å²) in [6.45, 7) is 8.36. The van der Waals surface area contributed by atoms with Crippen LogP contribution in [0.2, 0.25) is 0 Å². The Balaban J connectivity index is 2.27. The third kappa shape index (κ3) is 4.15. The highest BCUT2D eigenvalue weighted by atomic mass is 19.1. The number of nitrogens with zero attached hydrogens (tertiary/aromatic N) is 1. The minimum absolute atomic E-state index is 0.00263. The maximum Gasteiger partial charge on any atom is 0.129 e. The summed E-state index contributed by atoms with van der Waals surface area (Å²) >= 11 is 0. The zero-order valence-corrected chi connectivity index (χ0v) is 13.0. The Kier molecular flexibility index (Phi) is 5.19. The predicted molar refractivity (Wildman–Crippen MR) is 82.0 cm³/mol. The van der Waals surface area contributed by atoms with E-state index in [0.29, 0.717) is 31.9 Å². The van der Waals surface area contributed by atoms with Crippen LogP contribution in [0, 0.1) is 5.82 Å². The van der Waals surface area contributed by atoms with Gasteiger partial charge in [0.1, 0.15) is 5.82 Å². The van der Waals surface area contributed by atoms with Crippen molar-refractivity contribution in [1.82, 2.24) is 5.32 Å². The van der Waals surface area contributed by atoms with E-state index >= 15 is 0 Å². The summed E-state index contributed by atoms with van der Waals surface area (Å²) < 4.78 is 19.6. The van der Waals surface area contributed by atoms with E-state index in [4.69, 9.17) is 4.74 Å². The molecule has 0 bridgehead atoms. The van der Waals surface area contributed by atoms with Crippen molar-refractivity contribution in [2.45, 2.75) is 38.9 Å². The molecule has 5 heteroatoms. The highest BCUT2D eigenvalue weighted by Crippen LogP contribution is 2.27. The normalized spacial score (nSPS) is 19.9. The Labute approximate surface area is 125 Å². The van der Waals surface area contributed by atoms with Crippen molar-refractivity contribution in [2.75, 3.05) is 31.3 Å². The molecule has 0 amide bonds. The van der Waals surface area contributed by atoms with Gasteiger partial charge in [-0.15, -0.1) is 0 Å².